The number of nitrogens with zero attached hydrogens (tertiary/aromatic N) is 3. The molecule has 22 heavy (non-hydrogen) atoms. The minimum absolute atomic E-state index is 0.248. The van der Waals surface area contributed by atoms with Crippen LogP contribution in [0, 0.1) is 5.82 Å². The first kappa shape index (κ1) is 14.7. The van der Waals surface area contributed by atoms with Crippen LogP contribution in [0.2, 0.25) is 0 Å². The number of aromatic nitrogens is 2. The van der Waals surface area contributed by atoms with Gasteiger partial charge in [0.05, 0.1) is 0 Å². The standard InChI is InChI=1S/C16H19FN4O/c1-12-10-18-7-8-21(12)15-5-6-19-16(20-15)22-11-13-3-2-4-14(17)9-13/h2-6,9,12,18H,7-8,10-11H2,1H3. The summed E-state index contributed by atoms with van der Waals surface area (Å²) in [6, 6.07) is 8.90. The van der Waals surface area contributed by atoms with Gasteiger partial charge in [0.25, 0.3) is 0 Å². The second-order valence-electron chi connectivity index (χ2n) is 5.36. The van der Waals surface area contributed by atoms with Gasteiger partial charge in [-0.15, -0.1) is 0 Å². The fraction of sp³-hybridized carbons (Fsp3) is 0.375. The molecule has 0 radical (unpaired) electrons. The van der Waals surface area contributed by atoms with Gasteiger partial charge in [0.2, 0.25) is 0 Å². The number of hydrogen-bond acceptors (Lipinski definition) is 5. The molecule has 1 unspecified atom stereocenters. The van der Waals surface area contributed by atoms with Crippen LogP contribution in [0.15, 0.2) is 36.5 Å². The minimum Gasteiger partial charge on any atom is -0.459 e. The highest BCUT2D eigenvalue weighted by Crippen LogP contribution is 2.18. The van der Waals surface area contributed by atoms with E-state index in [1.165, 1.54) is 12.1 Å². The average Bonchev–Trinajstić information content (AvgIpc) is 2.54. The molecule has 1 fully saturated rings. The Hall–Kier alpha value is -2.21. The molecule has 1 aromatic heterocycles. The zero-order valence-corrected chi connectivity index (χ0v) is 12.5. The maximum absolute atomic E-state index is 13.1. The van der Waals surface area contributed by atoms with Gasteiger partial charge in [-0.3, -0.25) is 0 Å². The molecular weight excluding hydrogens is 283 g/mol. The van der Waals surface area contributed by atoms with Crippen molar-refractivity contribution in [1.82, 2.24) is 15.3 Å². The summed E-state index contributed by atoms with van der Waals surface area (Å²) in [5.41, 5.74) is 0.754. The van der Waals surface area contributed by atoms with Crippen LogP contribution in [-0.4, -0.2) is 35.6 Å². The summed E-state index contributed by atoms with van der Waals surface area (Å²) in [7, 11) is 0. The van der Waals surface area contributed by atoms with Crippen LogP contribution in [0.1, 0.15) is 12.5 Å². The molecule has 3 rings (SSSR count). The Balaban J connectivity index is 1.68. The number of nitrogens with one attached hydrogen (secondary N) is 1. The molecule has 2 aromatic rings. The number of halogens is 1. The minimum atomic E-state index is -0.273. The Morgan fingerprint density at radius 1 is 1.41 bits per heavy atom. The molecule has 0 aliphatic carbocycles. The largest absolute Gasteiger partial charge is 0.459 e. The lowest BCUT2D eigenvalue weighted by Crippen LogP contribution is -2.50. The molecule has 1 aromatic carbocycles. The lowest BCUT2D eigenvalue weighted by Gasteiger charge is -2.34. The quantitative estimate of drug-likeness (QED) is 0.936. The van der Waals surface area contributed by atoms with Gasteiger partial charge < -0.3 is 15.0 Å². The predicted octanol–water partition coefficient (Wildman–Crippen LogP) is 1.99. The number of piperazine rings is 1. The van der Waals surface area contributed by atoms with Crippen molar-refractivity contribution in [3.8, 4) is 6.01 Å². The van der Waals surface area contributed by atoms with Crippen molar-refractivity contribution in [3.63, 3.8) is 0 Å². The molecule has 6 heteroatoms. The Morgan fingerprint density at radius 3 is 3.14 bits per heavy atom. The molecular formula is C16H19FN4O. The van der Waals surface area contributed by atoms with Gasteiger partial charge in [-0.2, -0.15) is 4.98 Å². The second-order valence-corrected chi connectivity index (χ2v) is 5.36. The van der Waals surface area contributed by atoms with Crippen LogP contribution in [-0.2, 0) is 6.61 Å². The van der Waals surface area contributed by atoms with Crippen molar-refractivity contribution in [2.45, 2.75) is 19.6 Å². The Bertz CT molecular complexity index is 637. The normalized spacial score (nSPS) is 18.3. The number of benzene rings is 1. The molecule has 1 N–H and O–H groups in total. The molecule has 1 aliphatic rings. The molecule has 0 spiro atoms. The van der Waals surface area contributed by atoms with Gasteiger partial charge in [0.15, 0.2) is 0 Å². The van der Waals surface area contributed by atoms with Crippen molar-refractivity contribution < 1.29 is 9.13 Å². The van der Waals surface area contributed by atoms with E-state index in [9.17, 15) is 4.39 Å². The third-order valence-electron chi connectivity index (χ3n) is 3.67. The third kappa shape index (κ3) is 3.51. The van der Waals surface area contributed by atoms with Crippen LogP contribution in [0.3, 0.4) is 0 Å². The van der Waals surface area contributed by atoms with E-state index < -0.39 is 0 Å². The van der Waals surface area contributed by atoms with Gasteiger partial charge in [-0.05, 0) is 30.7 Å². The van der Waals surface area contributed by atoms with E-state index in [1.807, 2.05) is 12.1 Å². The highest BCUT2D eigenvalue weighted by Gasteiger charge is 2.19. The number of rotatable bonds is 4. The van der Waals surface area contributed by atoms with Crippen molar-refractivity contribution in [2.75, 3.05) is 24.5 Å². The molecule has 1 aliphatic heterocycles. The zero-order chi connectivity index (χ0) is 15.4. The van der Waals surface area contributed by atoms with E-state index in [2.05, 4.69) is 27.1 Å². The number of ether oxygens (including phenoxy) is 1. The van der Waals surface area contributed by atoms with Crippen LogP contribution >= 0.6 is 0 Å². The molecule has 1 atom stereocenters. The number of anilines is 1. The second kappa shape index (κ2) is 6.70. The molecule has 0 saturated carbocycles. The van der Waals surface area contributed by atoms with Crippen molar-refractivity contribution >= 4 is 5.82 Å². The topological polar surface area (TPSA) is 50.3 Å². The molecule has 5 nitrogen and oxygen atoms in total. The summed E-state index contributed by atoms with van der Waals surface area (Å²) < 4.78 is 18.7. The average molecular weight is 302 g/mol. The van der Waals surface area contributed by atoms with Crippen LogP contribution in [0.5, 0.6) is 6.01 Å². The van der Waals surface area contributed by atoms with E-state index in [0.29, 0.717) is 12.1 Å². The maximum atomic E-state index is 13.1. The molecule has 0 bridgehead atoms. The van der Waals surface area contributed by atoms with Crippen molar-refractivity contribution in [1.29, 1.82) is 0 Å². The summed E-state index contributed by atoms with van der Waals surface area (Å²) in [5.74, 6) is 0.587. The SMILES string of the molecule is CC1CNCCN1c1ccnc(OCc2cccc(F)c2)n1. The van der Waals surface area contributed by atoms with E-state index in [0.717, 1.165) is 31.0 Å². The van der Waals surface area contributed by atoms with Crippen LogP contribution in [0.4, 0.5) is 10.2 Å². The van der Waals surface area contributed by atoms with E-state index >= 15 is 0 Å². The summed E-state index contributed by atoms with van der Waals surface area (Å²) in [6.07, 6.45) is 1.69. The first-order valence-corrected chi connectivity index (χ1v) is 7.40. The van der Waals surface area contributed by atoms with E-state index in [1.54, 1.807) is 12.3 Å². The summed E-state index contributed by atoms with van der Waals surface area (Å²) in [4.78, 5) is 10.8. The summed E-state index contributed by atoms with van der Waals surface area (Å²) in [6.45, 7) is 5.18. The fourth-order valence-corrected chi connectivity index (χ4v) is 2.52. The third-order valence-corrected chi connectivity index (χ3v) is 3.67. The summed E-state index contributed by atoms with van der Waals surface area (Å²) in [5, 5.41) is 3.35. The van der Waals surface area contributed by atoms with Crippen LogP contribution in [0.25, 0.3) is 0 Å². The molecule has 2 heterocycles. The zero-order valence-electron chi connectivity index (χ0n) is 12.5. The first-order chi connectivity index (χ1) is 10.7. The Morgan fingerprint density at radius 2 is 2.32 bits per heavy atom. The van der Waals surface area contributed by atoms with Gasteiger partial charge in [0.1, 0.15) is 18.2 Å². The van der Waals surface area contributed by atoms with Crippen molar-refractivity contribution in [3.05, 3.63) is 47.9 Å². The molecule has 1 saturated heterocycles. The predicted molar refractivity (Wildman–Crippen MR) is 82.4 cm³/mol. The fourth-order valence-electron chi connectivity index (χ4n) is 2.52. The smallest absolute Gasteiger partial charge is 0.318 e. The van der Waals surface area contributed by atoms with Gasteiger partial charge in [-0.1, -0.05) is 12.1 Å². The lowest BCUT2D eigenvalue weighted by atomic mass is 10.2. The maximum Gasteiger partial charge on any atom is 0.318 e. The van der Waals surface area contributed by atoms with Crippen LogP contribution < -0.4 is 15.0 Å². The number of hydrogen-bond donors (Lipinski definition) is 1. The van der Waals surface area contributed by atoms with Gasteiger partial charge >= 0.3 is 6.01 Å². The van der Waals surface area contributed by atoms with Gasteiger partial charge in [-0.25, -0.2) is 9.37 Å². The lowest BCUT2D eigenvalue weighted by molar-refractivity contribution is 0.280. The molecule has 0 amide bonds. The van der Waals surface area contributed by atoms with E-state index in [-0.39, 0.29) is 12.4 Å². The highest BCUT2D eigenvalue weighted by atomic mass is 19.1. The highest BCUT2D eigenvalue weighted by molar-refractivity contribution is 5.40. The summed E-state index contributed by atoms with van der Waals surface area (Å²) >= 11 is 0. The van der Waals surface area contributed by atoms with Crippen molar-refractivity contribution in [2.24, 2.45) is 0 Å². The van der Waals surface area contributed by atoms with E-state index in [4.69, 9.17) is 4.74 Å². The monoisotopic (exact) mass is 302 g/mol. The first-order valence-electron chi connectivity index (χ1n) is 7.40. The van der Waals surface area contributed by atoms with Gasteiger partial charge in [0, 0.05) is 31.9 Å². The Labute approximate surface area is 129 Å². The molecule has 116 valence electrons. The Kier molecular flexibility index (Phi) is 4.48.